The van der Waals surface area contributed by atoms with Crippen LogP contribution in [-0.4, -0.2) is 44.8 Å². The van der Waals surface area contributed by atoms with Crippen molar-refractivity contribution in [3.8, 4) is 0 Å². The van der Waals surface area contributed by atoms with E-state index in [4.69, 9.17) is 5.11 Å². The molecule has 0 saturated carbocycles. The van der Waals surface area contributed by atoms with E-state index in [0.29, 0.717) is 24.3 Å². The smallest absolute Gasteiger partial charge is 0.339 e. The summed E-state index contributed by atoms with van der Waals surface area (Å²) in [6.45, 7) is 3.04. The fraction of sp³-hybridized carbons (Fsp3) is 0.353. The summed E-state index contributed by atoms with van der Waals surface area (Å²) in [5.74, 6) is -0.940. The monoisotopic (exact) mass is 391 g/mol. The van der Waals surface area contributed by atoms with E-state index in [0.717, 1.165) is 17.3 Å². The highest BCUT2D eigenvalue weighted by molar-refractivity contribution is 9.10. The van der Waals surface area contributed by atoms with Crippen molar-refractivity contribution in [3.63, 3.8) is 0 Å². The van der Waals surface area contributed by atoms with Crippen LogP contribution in [0, 0.1) is 6.92 Å². The van der Waals surface area contributed by atoms with Crippen molar-refractivity contribution in [1.82, 2.24) is 14.7 Å². The third-order valence-electron chi connectivity index (χ3n) is 4.48. The number of halogens is 1. The van der Waals surface area contributed by atoms with Crippen molar-refractivity contribution < 1.29 is 14.7 Å². The highest BCUT2D eigenvalue weighted by Crippen LogP contribution is 2.26. The molecule has 0 bridgehead atoms. The highest BCUT2D eigenvalue weighted by atomic mass is 79.9. The van der Waals surface area contributed by atoms with Crippen molar-refractivity contribution in [2.75, 3.05) is 13.1 Å². The molecule has 7 heteroatoms. The van der Waals surface area contributed by atoms with E-state index in [1.807, 2.05) is 29.2 Å². The molecule has 1 aromatic carbocycles. The summed E-state index contributed by atoms with van der Waals surface area (Å²) >= 11 is 3.42. The number of carbonyl (C=O) groups excluding carboxylic acids is 1. The standard InChI is InChI=1S/C17H18BrN3O3/c1-11-14(17(23)24)10-19-21(11)12-6-8-20(9-7-12)16(22)13-4-2-3-5-15(13)18/h2-5,10,12H,6-9H2,1H3,(H,23,24). The number of hydrogen-bond acceptors (Lipinski definition) is 3. The molecule has 126 valence electrons. The van der Waals surface area contributed by atoms with Crippen molar-refractivity contribution in [2.24, 2.45) is 0 Å². The second kappa shape index (κ2) is 6.76. The van der Waals surface area contributed by atoms with Gasteiger partial charge in [-0.2, -0.15) is 5.10 Å². The summed E-state index contributed by atoms with van der Waals surface area (Å²) in [5.41, 5.74) is 1.57. The Morgan fingerprint density at radius 3 is 2.46 bits per heavy atom. The molecule has 0 spiro atoms. The fourth-order valence-corrected chi connectivity index (χ4v) is 3.57. The molecule has 1 fully saturated rings. The largest absolute Gasteiger partial charge is 0.478 e. The average Bonchev–Trinajstić information content (AvgIpc) is 2.96. The lowest BCUT2D eigenvalue weighted by Crippen LogP contribution is -2.39. The molecular weight excluding hydrogens is 374 g/mol. The molecule has 2 heterocycles. The van der Waals surface area contributed by atoms with Gasteiger partial charge in [-0.25, -0.2) is 4.79 Å². The number of nitrogens with zero attached hydrogens (tertiary/aromatic N) is 3. The molecule has 2 aromatic rings. The van der Waals surface area contributed by atoms with Crippen molar-refractivity contribution in [3.05, 3.63) is 51.8 Å². The Morgan fingerprint density at radius 2 is 1.88 bits per heavy atom. The van der Waals surface area contributed by atoms with Gasteiger partial charge in [-0.05, 0) is 47.8 Å². The van der Waals surface area contributed by atoms with Gasteiger partial charge in [-0.15, -0.1) is 0 Å². The summed E-state index contributed by atoms with van der Waals surface area (Å²) in [7, 11) is 0. The molecular formula is C17H18BrN3O3. The lowest BCUT2D eigenvalue weighted by atomic mass is 10.0. The summed E-state index contributed by atoms with van der Waals surface area (Å²) in [6.07, 6.45) is 2.92. The maximum absolute atomic E-state index is 12.6. The van der Waals surface area contributed by atoms with Crippen molar-refractivity contribution in [1.29, 1.82) is 0 Å². The van der Waals surface area contributed by atoms with Crippen LogP contribution in [0.4, 0.5) is 0 Å². The molecule has 1 amide bonds. The second-order valence-electron chi connectivity index (χ2n) is 5.90. The van der Waals surface area contributed by atoms with E-state index < -0.39 is 5.97 Å². The van der Waals surface area contributed by atoms with Crippen LogP contribution in [0.2, 0.25) is 0 Å². The molecule has 0 atom stereocenters. The first-order valence-corrected chi connectivity index (χ1v) is 8.59. The molecule has 1 aliphatic rings. The maximum atomic E-state index is 12.6. The number of carbonyl (C=O) groups is 2. The lowest BCUT2D eigenvalue weighted by Gasteiger charge is -2.33. The van der Waals surface area contributed by atoms with Gasteiger partial charge in [0.2, 0.25) is 0 Å². The molecule has 1 N–H and O–H groups in total. The number of rotatable bonds is 3. The Bertz CT molecular complexity index is 779. The van der Waals surface area contributed by atoms with Gasteiger partial charge in [-0.1, -0.05) is 12.1 Å². The Hall–Kier alpha value is -2.15. The van der Waals surface area contributed by atoms with Crippen molar-refractivity contribution >= 4 is 27.8 Å². The average molecular weight is 392 g/mol. The number of carboxylic acid groups (broad SMARTS) is 1. The molecule has 0 aliphatic carbocycles. The SMILES string of the molecule is Cc1c(C(=O)O)cnn1C1CCN(C(=O)c2ccccc2Br)CC1. The molecule has 1 aliphatic heterocycles. The molecule has 24 heavy (non-hydrogen) atoms. The van der Waals surface area contributed by atoms with Gasteiger partial charge in [0, 0.05) is 17.6 Å². The topological polar surface area (TPSA) is 75.4 Å². The molecule has 1 aromatic heterocycles. The van der Waals surface area contributed by atoms with Gasteiger partial charge in [0.15, 0.2) is 0 Å². The lowest BCUT2D eigenvalue weighted by molar-refractivity contribution is 0.0687. The van der Waals surface area contributed by atoms with Crippen molar-refractivity contribution in [2.45, 2.75) is 25.8 Å². The maximum Gasteiger partial charge on any atom is 0.339 e. The summed E-state index contributed by atoms with van der Waals surface area (Å²) in [6, 6.07) is 7.54. The van der Waals surface area contributed by atoms with Gasteiger partial charge in [0.25, 0.3) is 5.91 Å². The van der Waals surface area contributed by atoms with Crippen LogP contribution in [0.5, 0.6) is 0 Å². The zero-order valence-corrected chi connectivity index (χ0v) is 14.9. The van der Waals surface area contributed by atoms with Gasteiger partial charge in [-0.3, -0.25) is 9.48 Å². The number of aromatic nitrogens is 2. The number of hydrogen-bond donors (Lipinski definition) is 1. The van der Waals surface area contributed by atoms with Crippen LogP contribution in [0.15, 0.2) is 34.9 Å². The second-order valence-corrected chi connectivity index (χ2v) is 6.75. The van der Waals surface area contributed by atoms with Crippen LogP contribution in [0.1, 0.15) is 45.3 Å². The van der Waals surface area contributed by atoms with E-state index in [1.165, 1.54) is 6.20 Å². The molecule has 0 unspecified atom stereocenters. The quantitative estimate of drug-likeness (QED) is 0.871. The van der Waals surface area contributed by atoms with E-state index in [9.17, 15) is 9.59 Å². The van der Waals surface area contributed by atoms with Gasteiger partial charge in [0.1, 0.15) is 5.56 Å². The van der Waals surface area contributed by atoms with Crippen LogP contribution < -0.4 is 0 Å². The minimum Gasteiger partial charge on any atom is -0.478 e. The van der Waals surface area contributed by atoms with E-state index >= 15 is 0 Å². The van der Waals surface area contributed by atoms with Gasteiger partial charge < -0.3 is 10.0 Å². The summed E-state index contributed by atoms with van der Waals surface area (Å²) in [5, 5.41) is 13.4. The van der Waals surface area contributed by atoms with Crippen LogP contribution in [0.25, 0.3) is 0 Å². The first-order valence-electron chi connectivity index (χ1n) is 7.80. The van der Waals surface area contributed by atoms with E-state index in [2.05, 4.69) is 21.0 Å². The van der Waals surface area contributed by atoms with Crippen LogP contribution in [-0.2, 0) is 0 Å². The number of likely N-dealkylation sites (tertiary alicyclic amines) is 1. The Morgan fingerprint density at radius 1 is 1.21 bits per heavy atom. The number of carboxylic acids is 1. The van der Waals surface area contributed by atoms with Crippen LogP contribution in [0.3, 0.4) is 0 Å². The molecule has 3 rings (SSSR count). The zero-order chi connectivity index (χ0) is 17.3. The fourth-order valence-electron chi connectivity index (χ4n) is 3.12. The number of benzene rings is 1. The normalized spacial score (nSPS) is 15.5. The Kier molecular flexibility index (Phi) is 4.71. The molecule has 6 nitrogen and oxygen atoms in total. The third-order valence-corrected chi connectivity index (χ3v) is 5.17. The molecule has 0 radical (unpaired) electrons. The van der Waals surface area contributed by atoms with Gasteiger partial charge >= 0.3 is 5.97 Å². The summed E-state index contributed by atoms with van der Waals surface area (Å²) in [4.78, 5) is 25.6. The van der Waals surface area contributed by atoms with Gasteiger partial charge in [0.05, 0.1) is 23.5 Å². The number of amides is 1. The number of aromatic carboxylic acids is 1. The predicted octanol–water partition coefficient (Wildman–Crippen LogP) is 3.13. The first-order chi connectivity index (χ1) is 11.5. The summed E-state index contributed by atoms with van der Waals surface area (Å²) < 4.78 is 2.58. The Balaban J connectivity index is 1.69. The van der Waals surface area contributed by atoms with E-state index in [1.54, 1.807) is 11.6 Å². The van der Waals surface area contributed by atoms with E-state index in [-0.39, 0.29) is 17.5 Å². The van der Waals surface area contributed by atoms with Crippen LogP contribution >= 0.6 is 15.9 Å². The highest BCUT2D eigenvalue weighted by Gasteiger charge is 2.27. The third kappa shape index (κ3) is 3.08. The minimum atomic E-state index is -0.958. The Labute approximate surface area is 148 Å². The minimum absolute atomic E-state index is 0.0179. The molecule has 1 saturated heterocycles. The first kappa shape index (κ1) is 16.7. The predicted molar refractivity (Wildman–Crippen MR) is 92.2 cm³/mol. The number of piperidine rings is 1. The zero-order valence-electron chi connectivity index (χ0n) is 13.3.